The Morgan fingerprint density at radius 1 is 1.28 bits per heavy atom. The lowest BCUT2D eigenvalue weighted by Crippen LogP contribution is -2.55. The van der Waals surface area contributed by atoms with Crippen LogP contribution in [0.15, 0.2) is 43.1 Å². The molecule has 0 spiro atoms. The number of rotatable bonds is 4. The van der Waals surface area contributed by atoms with Gasteiger partial charge in [-0.2, -0.15) is 0 Å². The number of anilines is 1. The number of benzene rings is 1. The summed E-state index contributed by atoms with van der Waals surface area (Å²) in [6.45, 7) is 0. The van der Waals surface area contributed by atoms with Gasteiger partial charge in [0.05, 0.1) is 24.3 Å². The Hall–Kier alpha value is -3.07. The second kappa shape index (κ2) is 7.07. The van der Waals surface area contributed by atoms with Crippen LogP contribution in [0, 0.1) is 0 Å². The van der Waals surface area contributed by atoms with Crippen molar-refractivity contribution in [3.8, 4) is 22.7 Å². The number of aromatic nitrogens is 5. The van der Waals surface area contributed by atoms with Gasteiger partial charge in [0.1, 0.15) is 17.6 Å². The molecule has 4 atom stereocenters. The lowest BCUT2D eigenvalue weighted by Gasteiger charge is -2.38. The van der Waals surface area contributed by atoms with E-state index in [-0.39, 0.29) is 17.8 Å². The molecule has 3 aromatic rings. The predicted molar refractivity (Wildman–Crippen MR) is 106 cm³/mol. The second-order valence-electron chi connectivity index (χ2n) is 7.72. The van der Waals surface area contributed by atoms with Crippen molar-refractivity contribution in [2.45, 2.75) is 43.6 Å². The van der Waals surface area contributed by atoms with Gasteiger partial charge in [0.25, 0.3) is 0 Å². The van der Waals surface area contributed by atoms with E-state index in [0.29, 0.717) is 23.2 Å². The Kier molecular flexibility index (Phi) is 4.39. The van der Waals surface area contributed by atoms with Crippen LogP contribution in [0.4, 0.5) is 10.3 Å². The highest BCUT2D eigenvalue weighted by molar-refractivity contribution is 5.68. The third kappa shape index (κ3) is 3.21. The van der Waals surface area contributed by atoms with Crippen LogP contribution in [0.3, 0.4) is 0 Å². The van der Waals surface area contributed by atoms with Crippen molar-refractivity contribution in [2.24, 2.45) is 0 Å². The van der Waals surface area contributed by atoms with Gasteiger partial charge in [0.15, 0.2) is 0 Å². The molecule has 4 heterocycles. The number of halogens is 1. The van der Waals surface area contributed by atoms with Crippen LogP contribution < -0.4 is 10.2 Å². The molecule has 2 aliphatic rings. The summed E-state index contributed by atoms with van der Waals surface area (Å²) in [4.78, 5) is 10.2. The maximum Gasteiger partial charge on any atom is 0.245 e. The molecular weight excluding hydrogens is 373 g/mol. The van der Waals surface area contributed by atoms with Crippen LogP contribution in [-0.4, -0.2) is 61.2 Å². The number of piperidine rings is 1. The number of nitrogens with zero attached hydrogens (tertiary/aromatic N) is 6. The van der Waals surface area contributed by atoms with Crippen LogP contribution >= 0.6 is 0 Å². The fraction of sp³-hybridized carbons (Fsp3) is 0.400. The van der Waals surface area contributed by atoms with E-state index in [2.05, 4.69) is 25.5 Å². The molecule has 1 aromatic carbocycles. The highest BCUT2D eigenvalue weighted by Gasteiger charge is 2.44. The Morgan fingerprint density at radius 2 is 2.17 bits per heavy atom. The van der Waals surface area contributed by atoms with Crippen molar-refractivity contribution in [2.75, 3.05) is 11.9 Å². The molecular formula is C20H22FN7O. The third-order valence-electron chi connectivity index (χ3n) is 5.98. The van der Waals surface area contributed by atoms with Crippen molar-refractivity contribution in [1.29, 1.82) is 0 Å². The van der Waals surface area contributed by atoms with Crippen molar-refractivity contribution in [1.82, 2.24) is 30.0 Å². The quantitative estimate of drug-likeness (QED) is 0.699. The first-order valence-corrected chi connectivity index (χ1v) is 9.74. The molecule has 8 nitrogen and oxygen atoms in total. The van der Waals surface area contributed by atoms with Crippen LogP contribution in [-0.2, 0) is 0 Å². The normalized spacial score (nSPS) is 25.9. The predicted octanol–water partition coefficient (Wildman–Crippen LogP) is 2.10. The van der Waals surface area contributed by atoms with Gasteiger partial charge in [0, 0.05) is 43.2 Å². The number of hydrogen-bond acceptors (Lipinski definition) is 7. The monoisotopic (exact) mass is 395 g/mol. The average Bonchev–Trinajstić information content (AvgIpc) is 3.41. The first kappa shape index (κ1) is 18.0. The van der Waals surface area contributed by atoms with Crippen LogP contribution in [0.25, 0.3) is 16.9 Å². The molecule has 2 fully saturated rings. The Morgan fingerprint density at radius 3 is 2.90 bits per heavy atom. The SMILES string of the molecule is CN(c1ncc(-c2ccc(-n3ccnc3)cc2O)nn1)[C@@H]1CC2CC[C@H](N2)[C@@H]1F. The summed E-state index contributed by atoms with van der Waals surface area (Å²) < 4.78 is 16.6. The molecule has 2 aromatic heterocycles. The molecule has 9 heteroatoms. The van der Waals surface area contributed by atoms with Gasteiger partial charge >= 0.3 is 0 Å². The molecule has 0 amide bonds. The molecule has 0 aliphatic carbocycles. The molecule has 0 radical (unpaired) electrons. The van der Waals surface area contributed by atoms with E-state index >= 15 is 0 Å². The maximum absolute atomic E-state index is 14.8. The molecule has 0 saturated carbocycles. The molecule has 1 unspecified atom stereocenters. The Labute approximate surface area is 167 Å². The zero-order chi connectivity index (χ0) is 20.0. The molecule has 150 valence electrons. The van der Waals surface area contributed by atoms with Crippen LogP contribution in [0.1, 0.15) is 19.3 Å². The summed E-state index contributed by atoms with van der Waals surface area (Å²) in [6.07, 6.45) is 8.36. The van der Waals surface area contributed by atoms with Crippen molar-refractivity contribution in [3.05, 3.63) is 43.1 Å². The maximum atomic E-state index is 14.8. The number of aromatic hydroxyl groups is 1. The molecule has 29 heavy (non-hydrogen) atoms. The van der Waals surface area contributed by atoms with E-state index in [1.807, 2.05) is 13.1 Å². The highest BCUT2D eigenvalue weighted by atomic mass is 19.1. The summed E-state index contributed by atoms with van der Waals surface area (Å²) in [5.74, 6) is 0.462. The summed E-state index contributed by atoms with van der Waals surface area (Å²) in [5.41, 5.74) is 1.78. The molecule has 2 aliphatic heterocycles. The van der Waals surface area contributed by atoms with Gasteiger partial charge < -0.3 is 19.9 Å². The van der Waals surface area contributed by atoms with E-state index < -0.39 is 6.17 Å². The van der Waals surface area contributed by atoms with Crippen LogP contribution in [0.2, 0.25) is 0 Å². The fourth-order valence-electron chi connectivity index (χ4n) is 4.36. The first-order chi connectivity index (χ1) is 14.1. The molecule has 2 bridgehead atoms. The number of phenolic OH excluding ortho intramolecular Hbond substituents is 1. The summed E-state index contributed by atoms with van der Waals surface area (Å²) in [5, 5.41) is 22.2. The minimum absolute atomic E-state index is 0.0761. The van der Waals surface area contributed by atoms with Gasteiger partial charge in [-0.15, -0.1) is 10.2 Å². The van der Waals surface area contributed by atoms with E-state index in [0.717, 1.165) is 24.9 Å². The largest absolute Gasteiger partial charge is 0.507 e. The zero-order valence-corrected chi connectivity index (χ0v) is 16.0. The zero-order valence-electron chi connectivity index (χ0n) is 16.0. The number of alkyl halides is 1. The number of fused-ring (bicyclic) bond motifs is 2. The van der Waals surface area contributed by atoms with Gasteiger partial charge in [-0.25, -0.2) is 14.4 Å². The summed E-state index contributed by atoms with van der Waals surface area (Å²) >= 11 is 0. The van der Waals surface area contributed by atoms with Crippen molar-refractivity contribution in [3.63, 3.8) is 0 Å². The average molecular weight is 395 g/mol. The minimum Gasteiger partial charge on any atom is -0.507 e. The first-order valence-electron chi connectivity index (χ1n) is 9.74. The van der Waals surface area contributed by atoms with E-state index in [9.17, 15) is 9.50 Å². The number of imidazole rings is 1. The highest BCUT2D eigenvalue weighted by Crippen LogP contribution is 2.33. The third-order valence-corrected chi connectivity index (χ3v) is 5.98. The molecule has 5 rings (SSSR count). The Balaban J connectivity index is 1.36. The second-order valence-corrected chi connectivity index (χ2v) is 7.72. The van der Waals surface area contributed by atoms with E-state index in [1.165, 1.54) is 0 Å². The van der Waals surface area contributed by atoms with E-state index in [1.54, 1.807) is 46.5 Å². The lowest BCUT2D eigenvalue weighted by atomic mass is 9.97. The Bertz CT molecular complexity index is 995. The van der Waals surface area contributed by atoms with Crippen molar-refractivity contribution < 1.29 is 9.50 Å². The summed E-state index contributed by atoms with van der Waals surface area (Å²) in [7, 11) is 1.82. The lowest BCUT2D eigenvalue weighted by molar-refractivity contribution is 0.175. The van der Waals surface area contributed by atoms with E-state index in [4.69, 9.17) is 0 Å². The topological polar surface area (TPSA) is 92.0 Å². The standard InChI is InChI=1S/C20H22FN7O/c1-27(17-8-12-2-5-15(24-12)19(17)21)20-23-10-16(25-26-20)14-4-3-13(9-18(14)29)28-7-6-22-11-28/h3-4,6-7,9-12,15,17,19,24,29H,2,5,8H2,1H3/t12?,15-,17+,19-/m0/s1. The molecule has 2 saturated heterocycles. The van der Waals surface area contributed by atoms with Gasteiger partial charge in [-0.05, 0) is 31.4 Å². The van der Waals surface area contributed by atoms with Gasteiger partial charge in [-0.1, -0.05) is 0 Å². The van der Waals surface area contributed by atoms with Gasteiger partial charge in [0.2, 0.25) is 5.95 Å². The summed E-state index contributed by atoms with van der Waals surface area (Å²) in [6, 6.07) is 5.28. The van der Waals surface area contributed by atoms with Gasteiger partial charge in [-0.3, -0.25) is 0 Å². The fourth-order valence-corrected chi connectivity index (χ4v) is 4.36. The van der Waals surface area contributed by atoms with Crippen LogP contribution in [0.5, 0.6) is 5.75 Å². The number of hydrogen-bond donors (Lipinski definition) is 2. The number of nitrogens with one attached hydrogen (secondary N) is 1. The van der Waals surface area contributed by atoms with Crippen molar-refractivity contribution >= 4 is 5.95 Å². The molecule has 2 N–H and O–H groups in total. The number of phenols is 1. The minimum atomic E-state index is -0.957. The smallest absolute Gasteiger partial charge is 0.245 e.